The molecule has 0 bridgehead atoms. The predicted octanol–water partition coefficient (Wildman–Crippen LogP) is 4.86. The number of carbonyl (C=O) groups is 1. The van der Waals surface area contributed by atoms with Gasteiger partial charge < -0.3 is 9.88 Å². The first-order valence-electron chi connectivity index (χ1n) is 10.1. The first kappa shape index (κ1) is 20.7. The number of alkyl halides is 3. The molecule has 5 aromatic rings. The number of rotatable bonds is 4. The summed E-state index contributed by atoms with van der Waals surface area (Å²) >= 11 is 0. The molecule has 0 spiro atoms. The highest BCUT2D eigenvalue weighted by Crippen LogP contribution is 2.34. The van der Waals surface area contributed by atoms with Crippen LogP contribution in [0.25, 0.3) is 27.8 Å². The van der Waals surface area contributed by atoms with Crippen LogP contribution in [0.2, 0.25) is 0 Å². The van der Waals surface area contributed by atoms with Gasteiger partial charge in [0.25, 0.3) is 5.91 Å². The zero-order valence-electron chi connectivity index (χ0n) is 17.5. The number of pyridine rings is 1. The van der Waals surface area contributed by atoms with Crippen LogP contribution in [0.3, 0.4) is 0 Å². The lowest BCUT2D eigenvalue weighted by Crippen LogP contribution is -2.23. The number of aromatic nitrogens is 4. The number of imidazole rings is 1. The number of carbonyl (C=O) groups excluding carboxylic acids is 1. The first-order chi connectivity index (χ1) is 15.8. The van der Waals surface area contributed by atoms with Gasteiger partial charge in [0.1, 0.15) is 0 Å². The highest BCUT2D eigenvalue weighted by molar-refractivity contribution is 6.09. The Bertz CT molecular complexity index is 1470. The third-order valence-electron chi connectivity index (χ3n) is 5.49. The maximum Gasteiger partial charge on any atom is 0.416 e. The van der Waals surface area contributed by atoms with E-state index in [1.165, 1.54) is 12.1 Å². The Morgan fingerprint density at radius 1 is 1.03 bits per heavy atom. The Balaban J connectivity index is 1.55. The van der Waals surface area contributed by atoms with Gasteiger partial charge in [-0.3, -0.25) is 14.3 Å². The Morgan fingerprint density at radius 2 is 1.82 bits per heavy atom. The van der Waals surface area contributed by atoms with E-state index < -0.39 is 11.7 Å². The second-order valence-electron chi connectivity index (χ2n) is 7.64. The largest absolute Gasteiger partial charge is 0.416 e. The number of fused-ring (bicyclic) bond motifs is 3. The van der Waals surface area contributed by atoms with E-state index in [-0.39, 0.29) is 5.91 Å². The van der Waals surface area contributed by atoms with Crippen molar-refractivity contribution in [2.75, 3.05) is 0 Å². The second-order valence-corrected chi connectivity index (χ2v) is 7.64. The smallest absolute Gasteiger partial charge is 0.346 e. The summed E-state index contributed by atoms with van der Waals surface area (Å²) in [6.45, 7) is 0.297. The molecule has 6 nitrogen and oxygen atoms in total. The molecule has 3 heterocycles. The second kappa shape index (κ2) is 7.77. The number of hydrogen-bond acceptors (Lipinski definition) is 3. The summed E-state index contributed by atoms with van der Waals surface area (Å²) in [6.07, 6.45) is -1.11. The fourth-order valence-corrected chi connectivity index (χ4v) is 3.90. The van der Waals surface area contributed by atoms with Gasteiger partial charge in [0.05, 0.1) is 35.2 Å². The molecule has 1 amide bonds. The minimum Gasteiger partial charge on any atom is -0.346 e. The first-order valence-corrected chi connectivity index (χ1v) is 10.1. The van der Waals surface area contributed by atoms with E-state index >= 15 is 0 Å². The minimum absolute atomic E-state index is 0.250. The van der Waals surface area contributed by atoms with Crippen LogP contribution in [0.15, 0.2) is 73.2 Å². The number of hydrogen-bond donors (Lipinski definition) is 1. The van der Waals surface area contributed by atoms with Gasteiger partial charge in [-0.25, -0.2) is 4.98 Å². The van der Waals surface area contributed by atoms with Gasteiger partial charge in [-0.1, -0.05) is 6.07 Å². The van der Waals surface area contributed by atoms with E-state index in [4.69, 9.17) is 0 Å². The molecule has 0 unspecified atom stereocenters. The third kappa shape index (κ3) is 3.71. The number of amides is 1. The third-order valence-corrected chi connectivity index (χ3v) is 5.49. The van der Waals surface area contributed by atoms with Gasteiger partial charge in [-0.15, -0.1) is 0 Å². The molecule has 33 heavy (non-hydrogen) atoms. The van der Waals surface area contributed by atoms with E-state index in [2.05, 4.69) is 15.3 Å². The number of halogens is 3. The van der Waals surface area contributed by atoms with Crippen molar-refractivity contribution in [1.29, 1.82) is 0 Å². The fraction of sp³-hybridized carbons (Fsp3) is 0.125. The molecular weight excluding hydrogens is 431 g/mol. The monoisotopic (exact) mass is 449 g/mol. The average Bonchev–Trinajstić information content (AvgIpc) is 3.34. The summed E-state index contributed by atoms with van der Waals surface area (Å²) in [5, 5.41) is 3.63. The lowest BCUT2D eigenvalue weighted by atomic mass is 10.1. The van der Waals surface area contributed by atoms with Gasteiger partial charge in [-0.05, 0) is 54.6 Å². The van der Waals surface area contributed by atoms with Crippen LogP contribution >= 0.6 is 0 Å². The number of nitrogens with one attached hydrogen (secondary N) is 1. The maximum absolute atomic E-state index is 13.0. The van der Waals surface area contributed by atoms with E-state index in [0.717, 1.165) is 34.2 Å². The number of benzene rings is 2. The van der Waals surface area contributed by atoms with Crippen LogP contribution in [-0.4, -0.2) is 25.0 Å². The summed E-state index contributed by atoms with van der Waals surface area (Å²) in [4.78, 5) is 21.4. The van der Waals surface area contributed by atoms with Gasteiger partial charge in [0.15, 0.2) is 5.65 Å². The highest BCUT2D eigenvalue weighted by Gasteiger charge is 2.30. The van der Waals surface area contributed by atoms with Crippen molar-refractivity contribution in [3.05, 3.63) is 90.0 Å². The molecule has 166 valence electrons. The van der Waals surface area contributed by atoms with E-state index in [1.54, 1.807) is 41.4 Å². The zero-order valence-corrected chi connectivity index (χ0v) is 17.5. The Morgan fingerprint density at radius 3 is 2.52 bits per heavy atom. The molecule has 0 fully saturated rings. The summed E-state index contributed by atoms with van der Waals surface area (Å²) in [5.41, 5.74) is 3.16. The molecule has 5 rings (SSSR count). The molecule has 1 N–H and O–H groups in total. The molecule has 0 saturated carbocycles. The van der Waals surface area contributed by atoms with Crippen LogP contribution in [0.1, 0.15) is 21.6 Å². The maximum atomic E-state index is 13.0. The number of nitrogens with zero attached hydrogens (tertiary/aromatic N) is 4. The van der Waals surface area contributed by atoms with Crippen molar-refractivity contribution >= 4 is 28.0 Å². The lowest BCUT2D eigenvalue weighted by molar-refractivity contribution is -0.137. The molecule has 0 aliphatic heterocycles. The van der Waals surface area contributed by atoms with Gasteiger partial charge in [0.2, 0.25) is 0 Å². The average molecular weight is 449 g/mol. The Hall–Kier alpha value is -4.14. The SMILES string of the molecule is Cn1cnc2c1c1cc(C(=O)NCc3ccccn3)ccc1n2-c1ccc(C(F)(F)F)cc1. The van der Waals surface area contributed by atoms with Crippen molar-refractivity contribution in [3.8, 4) is 5.69 Å². The zero-order chi connectivity index (χ0) is 23.2. The van der Waals surface area contributed by atoms with Gasteiger partial charge in [0, 0.05) is 29.9 Å². The molecule has 3 aromatic heterocycles. The van der Waals surface area contributed by atoms with Crippen LogP contribution in [0.5, 0.6) is 0 Å². The van der Waals surface area contributed by atoms with Crippen molar-refractivity contribution in [2.24, 2.45) is 7.05 Å². The normalized spacial score (nSPS) is 11.9. The molecule has 2 aromatic carbocycles. The topological polar surface area (TPSA) is 64.7 Å². The molecule has 0 radical (unpaired) electrons. The molecule has 0 aliphatic rings. The molecule has 0 aliphatic carbocycles. The lowest BCUT2D eigenvalue weighted by Gasteiger charge is -2.10. The van der Waals surface area contributed by atoms with Crippen molar-refractivity contribution < 1.29 is 18.0 Å². The highest BCUT2D eigenvalue weighted by atomic mass is 19.4. The van der Waals surface area contributed by atoms with Crippen LogP contribution in [-0.2, 0) is 19.8 Å². The molecular formula is C24H18F3N5O. The molecule has 9 heteroatoms. The molecule has 0 atom stereocenters. The van der Waals surface area contributed by atoms with Crippen molar-refractivity contribution in [2.45, 2.75) is 12.7 Å². The van der Waals surface area contributed by atoms with Crippen molar-refractivity contribution in [1.82, 2.24) is 24.4 Å². The van der Waals surface area contributed by atoms with Crippen molar-refractivity contribution in [3.63, 3.8) is 0 Å². The summed E-state index contributed by atoms with van der Waals surface area (Å²) in [5.74, 6) is -0.250. The van der Waals surface area contributed by atoms with Gasteiger partial charge in [-0.2, -0.15) is 13.2 Å². The molecule has 0 saturated heterocycles. The van der Waals surface area contributed by atoms with Gasteiger partial charge >= 0.3 is 6.18 Å². The van der Waals surface area contributed by atoms with Crippen LogP contribution in [0, 0.1) is 0 Å². The van der Waals surface area contributed by atoms with Crippen LogP contribution < -0.4 is 5.32 Å². The van der Waals surface area contributed by atoms with E-state index in [9.17, 15) is 18.0 Å². The summed E-state index contributed by atoms with van der Waals surface area (Å²) in [7, 11) is 1.83. The fourth-order valence-electron chi connectivity index (χ4n) is 3.90. The minimum atomic E-state index is -4.41. The van der Waals surface area contributed by atoms with E-state index in [1.807, 2.05) is 23.7 Å². The predicted molar refractivity (Wildman–Crippen MR) is 118 cm³/mol. The quantitative estimate of drug-likeness (QED) is 0.426. The summed E-state index contributed by atoms with van der Waals surface area (Å²) < 4.78 is 42.6. The van der Waals surface area contributed by atoms with E-state index in [0.29, 0.717) is 23.4 Å². The Kier molecular flexibility index (Phi) is 4.88. The Labute approximate surface area is 186 Å². The van der Waals surface area contributed by atoms with Crippen LogP contribution in [0.4, 0.5) is 13.2 Å². The standard InChI is InChI=1S/C24H18F3N5O/c1-31-14-30-22-21(31)19-12-15(23(33)29-13-17-4-2-3-11-28-17)5-10-20(19)32(22)18-8-6-16(7-9-18)24(25,26)27/h2-12,14H,13H2,1H3,(H,29,33). The summed E-state index contributed by atoms with van der Waals surface area (Å²) in [6, 6.07) is 15.7. The number of aryl methyl sites for hydroxylation is 1.